The van der Waals surface area contributed by atoms with E-state index in [1.165, 1.54) is 0 Å². The molecular formula is C25H17N5O. The molecule has 0 saturated heterocycles. The van der Waals surface area contributed by atoms with Gasteiger partial charge in [0, 0.05) is 22.9 Å². The van der Waals surface area contributed by atoms with Gasteiger partial charge in [-0.2, -0.15) is 5.10 Å². The molecule has 4 aromatic rings. The molecular weight excluding hydrogens is 386 g/mol. The zero-order valence-corrected chi connectivity index (χ0v) is 16.5. The Morgan fingerprint density at radius 3 is 2.00 bits per heavy atom. The van der Waals surface area contributed by atoms with Crippen molar-refractivity contribution in [3.05, 3.63) is 114 Å². The summed E-state index contributed by atoms with van der Waals surface area (Å²) in [7, 11) is 0. The van der Waals surface area contributed by atoms with Gasteiger partial charge >= 0.3 is 5.91 Å². The van der Waals surface area contributed by atoms with Crippen molar-refractivity contribution in [2.45, 2.75) is 0 Å². The number of aliphatic imine (C=N–C) groups is 1. The van der Waals surface area contributed by atoms with E-state index in [9.17, 15) is 4.79 Å². The molecule has 6 heteroatoms. The third-order valence-electron chi connectivity index (χ3n) is 4.82. The van der Waals surface area contributed by atoms with Crippen molar-refractivity contribution >= 4 is 17.8 Å². The maximum absolute atomic E-state index is 12.4. The van der Waals surface area contributed by atoms with E-state index < -0.39 is 5.91 Å². The Bertz CT molecular complexity index is 1320. The smallest absolute Gasteiger partial charge is 0.263 e. The van der Waals surface area contributed by atoms with Crippen LogP contribution in [-0.4, -0.2) is 21.5 Å². The van der Waals surface area contributed by atoms with Gasteiger partial charge in [0.05, 0.1) is 5.69 Å². The molecule has 0 unspecified atom stereocenters. The average molecular weight is 403 g/mol. The number of amidine groups is 1. The van der Waals surface area contributed by atoms with Crippen LogP contribution in [0.4, 0.5) is 0 Å². The van der Waals surface area contributed by atoms with Crippen LogP contribution in [0.25, 0.3) is 23.0 Å². The Labute approximate surface area is 178 Å². The standard InChI is InChI=1S/C25H17N5O/c31-25-22(26-24(27-28-25)19-12-6-2-7-13-19)16-20-17-30(21-14-8-3-9-15-21)29-23(20)18-10-4-1-5-11-18/h1-17H/b22-16-. The van der Waals surface area contributed by atoms with E-state index in [4.69, 9.17) is 5.10 Å². The summed E-state index contributed by atoms with van der Waals surface area (Å²) in [4.78, 5) is 16.9. The van der Waals surface area contributed by atoms with Gasteiger partial charge in [0.2, 0.25) is 0 Å². The molecule has 0 fully saturated rings. The molecule has 1 aliphatic heterocycles. The van der Waals surface area contributed by atoms with Crippen molar-refractivity contribution in [1.29, 1.82) is 0 Å². The first-order chi connectivity index (χ1) is 15.3. The van der Waals surface area contributed by atoms with E-state index in [-0.39, 0.29) is 5.70 Å². The Morgan fingerprint density at radius 1 is 0.710 bits per heavy atom. The highest BCUT2D eigenvalue weighted by atomic mass is 16.2. The second-order valence-corrected chi connectivity index (χ2v) is 6.92. The van der Waals surface area contributed by atoms with Crippen LogP contribution in [0, 0.1) is 0 Å². The maximum atomic E-state index is 12.4. The number of carbonyl (C=O) groups excluding carboxylic acids is 1. The van der Waals surface area contributed by atoms with Gasteiger partial charge in [0.25, 0.3) is 0 Å². The van der Waals surface area contributed by atoms with Crippen molar-refractivity contribution in [2.75, 3.05) is 0 Å². The first-order valence-corrected chi connectivity index (χ1v) is 9.80. The molecule has 1 aromatic heterocycles. The van der Waals surface area contributed by atoms with E-state index in [0.717, 1.165) is 28.1 Å². The second kappa shape index (κ2) is 8.12. The van der Waals surface area contributed by atoms with Crippen LogP contribution in [-0.2, 0) is 4.79 Å². The molecule has 0 N–H and O–H groups in total. The number of aromatic nitrogens is 2. The van der Waals surface area contributed by atoms with Gasteiger partial charge in [-0.05, 0) is 18.2 Å². The van der Waals surface area contributed by atoms with Gasteiger partial charge in [0.15, 0.2) is 5.84 Å². The van der Waals surface area contributed by atoms with E-state index in [1.54, 1.807) is 10.8 Å². The number of hydrogen-bond donors (Lipinski definition) is 0. The van der Waals surface area contributed by atoms with Gasteiger partial charge in [-0.15, -0.1) is 10.2 Å². The normalized spacial score (nSPS) is 14.6. The Hall–Kier alpha value is -4.45. The monoisotopic (exact) mass is 403 g/mol. The quantitative estimate of drug-likeness (QED) is 0.433. The Morgan fingerprint density at radius 2 is 1.32 bits per heavy atom. The van der Waals surface area contributed by atoms with Crippen LogP contribution < -0.4 is 0 Å². The minimum Gasteiger partial charge on any atom is -0.263 e. The zero-order valence-electron chi connectivity index (χ0n) is 16.5. The third-order valence-corrected chi connectivity index (χ3v) is 4.82. The van der Waals surface area contributed by atoms with Crippen molar-refractivity contribution in [3.8, 4) is 16.9 Å². The highest BCUT2D eigenvalue weighted by molar-refractivity contribution is 6.09. The number of azo groups is 1. The van der Waals surface area contributed by atoms with Crippen molar-refractivity contribution in [2.24, 2.45) is 15.2 Å². The van der Waals surface area contributed by atoms with E-state index in [1.807, 2.05) is 97.2 Å². The van der Waals surface area contributed by atoms with Crippen LogP contribution >= 0.6 is 0 Å². The lowest BCUT2D eigenvalue weighted by atomic mass is 10.1. The molecule has 0 radical (unpaired) electrons. The summed E-state index contributed by atoms with van der Waals surface area (Å²) in [5, 5.41) is 12.5. The highest BCUT2D eigenvalue weighted by Gasteiger charge is 2.19. The summed E-state index contributed by atoms with van der Waals surface area (Å²) in [5.41, 5.74) is 4.41. The number of carbonyl (C=O) groups is 1. The first-order valence-electron chi connectivity index (χ1n) is 9.80. The molecule has 5 rings (SSSR count). The largest absolute Gasteiger partial charge is 0.314 e. The molecule has 0 bridgehead atoms. The molecule has 0 aliphatic carbocycles. The van der Waals surface area contributed by atoms with Gasteiger partial charge < -0.3 is 0 Å². The highest BCUT2D eigenvalue weighted by Crippen LogP contribution is 2.27. The molecule has 148 valence electrons. The van der Waals surface area contributed by atoms with E-state index in [2.05, 4.69) is 15.2 Å². The Kier molecular flexibility index (Phi) is 4.86. The molecule has 1 amide bonds. The lowest BCUT2D eigenvalue weighted by molar-refractivity contribution is -0.114. The zero-order chi connectivity index (χ0) is 21.0. The van der Waals surface area contributed by atoms with Gasteiger partial charge in [-0.1, -0.05) is 78.9 Å². The number of rotatable bonds is 4. The first kappa shape index (κ1) is 18.6. The summed E-state index contributed by atoms with van der Waals surface area (Å²) in [6.45, 7) is 0. The second-order valence-electron chi connectivity index (χ2n) is 6.92. The van der Waals surface area contributed by atoms with Gasteiger partial charge in [0.1, 0.15) is 11.4 Å². The predicted molar refractivity (Wildman–Crippen MR) is 120 cm³/mol. The van der Waals surface area contributed by atoms with Crippen molar-refractivity contribution < 1.29 is 4.79 Å². The van der Waals surface area contributed by atoms with E-state index in [0.29, 0.717) is 5.84 Å². The number of amides is 1. The SMILES string of the molecule is O=C1N=NC(c2ccccc2)=N/C1=C\c1cn(-c2ccccc2)nc1-c1ccccc1. The molecule has 0 saturated carbocycles. The molecule has 0 spiro atoms. The molecule has 2 heterocycles. The van der Waals surface area contributed by atoms with Crippen LogP contribution in [0.1, 0.15) is 11.1 Å². The van der Waals surface area contributed by atoms with Gasteiger partial charge in [-0.3, -0.25) is 4.79 Å². The fraction of sp³-hybridized carbons (Fsp3) is 0. The Balaban J connectivity index is 1.63. The molecule has 31 heavy (non-hydrogen) atoms. The molecule has 0 atom stereocenters. The van der Waals surface area contributed by atoms with Crippen molar-refractivity contribution in [1.82, 2.24) is 9.78 Å². The fourth-order valence-electron chi connectivity index (χ4n) is 3.31. The number of benzene rings is 3. The predicted octanol–water partition coefficient (Wildman–Crippen LogP) is 5.32. The summed E-state index contributed by atoms with van der Waals surface area (Å²) in [5.74, 6) is -0.0747. The number of nitrogens with zero attached hydrogens (tertiary/aromatic N) is 5. The minimum atomic E-state index is -0.480. The summed E-state index contributed by atoms with van der Waals surface area (Å²) < 4.78 is 1.80. The molecule has 3 aromatic carbocycles. The minimum absolute atomic E-state index is 0.221. The van der Waals surface area contributed by atoms with Crippen molar-refractivity contribution in [3.63, 3.8) is 0 Å². The van der Waals surface area contributed by atoms with Crippen LogP contribution in [0.15, 0.2) is 118 Å². The topological polar surface area (TPSA) is 72.0 Å². The molecule has 1 aliphatic rings. The van der Waals surface area contributed by atoms with Crippen LogP contribution in [0.5, 0.6) is 0 Å². The van der Waals surface area contributed by atoms with Crippen LogP contribution in [0.2, 0.25) is 0 Å². The summed E-state index contributed by atoms with van der Waals surface area (Å²) in [6.07, 6.45) is 3.61. The van der Waals surface area contributed by atoms with Crippen LogP contribution in [0.3, 0.4) is 0 Å². The fourth-order valence-corrected chi connectivity index (χ4v) is 3.31. The lowest BCUT2D eigenvalue weighted by Crippen LogP contribution is -2.08. The number of para-hydroxylation sites is 1. The summed E-state index contributed by atoms with van der Waals surface area (Å²) >= 11 is 0. The molecule has 6 nitrogen and oxygen atoms in total. The van der Waals surface area contributed by atoms with Gasteiger partial charge in [-0.25, -0.2) is 9.67 Å². The average Bonchev–Trinajstić information content (AvgIpc) is 3.26. The third kappa shape index (κ3) is 3.86. The van der Waals surface area contributed by atoms with E-state index >= 15 is 0 Å². The lowest BCUT2D eigenvalue weighted by Gasteiger charge is -2.06. The number of hydrogen-bond acceptors (Lipinski definition) is 4. The maximum Gasteiger partial charge on any atom is 0.314 e. The summed E-state index contributed by atoms with van der Waals surface area (Å²) in [6, 6.07) is 29.1.